The molecule has 0 saturated carbocycles. The van der Waals surface area contributed by atoms with E-state index < -0.39 is 17.8 Å². The molecule has 4 amide bonds. The summed E-state index contributed by atoms with van der Waals surface area (Å²) >= 11 is 0. The maximum Gasteiger partial charge on any atom is 0.335 e. The SMILES string of the molecule is O=C1NC(=O)N(c2ccc(O)cc2)C(=O)/C1=C/c1ccccc1Cc1cccc(F)c1. The van der Waals surface area contributed by atoms with E-state index >= 15 is 0 Å². The Morgan fingerprint density at radius 1 is 0.935 bits per heavy atom. The summed E-state index contributed by atoms with van der Waals surface area (Å²) in [7, 11) is 0. The Hall–Kier alpha value is -4.26. The van der Waals surface area contributed by atoms with Crippen LogP contribution in [0.25, 0.3) is 6.08 Å². The first-order valence-electron chi connectivity index (χ1n) is 9.45. The van der Waals surface area contributed by atoms with E-state index in [0.29, 0.717) is 12.0 Å². The summed E-state index contributed by atoms with van der Waals surface area (Å²) in [6.45, 7) is 0. The topological polar surface area (TPSA) is 86.7 Å². The quantitative estimate of drug-likeness (QED) is 0.501. The number of carbonyl (C=O) groups is 3. The predicted molar refractivity (Wildman–Crippen MR) is 113 cm³/mol. The zero-order valence-corrected chi connectivity index (χ0v) is 16.2. The van der Waals surface area contributed by atoms with Gasteiger partial charge in [0.1, 0.15) is 17.1 Å². The summed E-state index contributed by atoms with van der Waals surface area (Å²) in [6.07, 6.45) is 1.82. The second-order valence-electron chi connectivity index (χ2n) is 6.98. The zero-order valence-electron chi connectivity index (χ0n) is 16.2. The molecule has 0 unspecified atom stereocenters. The lowest BCUT2D eigenvalue weighted by Gasteiger charge is -2.26. The number of nitrogens with zero attached hydrogens (tertiary/aromatic N) is 1. The monoisotopic (exact) mass is 416 g/mol. The van der Waals surface area contributed by atoms with Gasteiger partial charge in [0.2, 0.25) is 0 Å². The second-order valence-corrected chi connectivity index (χ2v) is 6.98. The van der Waals surface area contributed by atoms with Crippen molar-refractivity contribution in [2.45, 2.75) is 6.42 Å². The summed E-state index contributed by atoms with van der Waals surface area (Å²) in [5, 5.41) is 11.6. The molecule has 0 radical (unpaired) electrons. The van der Waals surface area contributed by atoms with E-state index in [2.05, 4.69) is 5.32 Å². The molecule has 1 aliphatic rings. The van der Waals surface area contributed by atoms with Crippen LogP contribution in [-0.4, -0.2) is 23.0 Å². The van der Waals surface area contributed by atoms with E-state index in [-0.39, 0.29) is 22.8 Å². The fourth-order valence-electron chi connectivity index (χ4n) is 3.35. The van der Waals surface area contributed by atoms with Crippen LogP contribution in [-0.2, 0) is 16.0 Å². The lowest BCUT2D eigenvalue weighted by molar-refractivity contribution is -0.122. The standard InChI is InChI=1S/C24H17FN2O4/c25-18-7-3-4-15(13-18)12-16-5-1-2-6-17(16)14-21-22(29)26-24(31)27(23(21)30)19-8-10-20(28)11-9-19/h1-11,13-14,28H,12H2,(H,26,29,31)/b21-14+. The molecule has 3 aromatic carbocycles. The van der Waals surface area contributed by atoms with Crippen molar-refractivity contribution in [3.05, 3.63) is 101 Å². The Kier molecular flexibility index (Phi) is 5.32. The van der Waals surface area contributed by atoms with Gasteiger partial charge in [-0.05, 0) is 65.6 Å². The number of benzene rings is 3. The number of amides is 4. The summed E-state index contributed by atoms with van der Waals surface area (Å²) in [5.41, 5.74) is 2.14. The molecule has 0 atom stereocenters. The van der Waals surface area contributed by atoms with Gasteiger partial charge in [0.15, 0.2) is 0 Å². The molecule has 1 saturated heterocycles. The molecule has 0 spiro atoms. The minimum atomic E-state index is -0.870. The van der Waals surface area contributed by atoms with Gasteiger partial charge in [-0.15, -0.1) is 0 Å². The molecule has 0 aromatic heterocycles. The highest BCUT2D eigenvalue weighted by molar-refractivity contribution is 6.39. The third kappa shape index (κ3) is 4.20. The van der Waals surface area contributed by atoms with Crippen molar-refractivity contribution in [2.75, 3.05) is 4.90 Å². The molecule has 1 heterocycles. The van der Waals surface area contributed by atoms with E-state index in [0.717, 1.165) is 16.0 Å². The Morgan fingerprint density at radius 2 is 1.68 bits per heavy atom. The molecule has 0 aliphatic carbocycles. The number of halogens is 1. The molecule has 31 heavy (non-hydrogen) atoms. The number of nitrogens with one attached hydrogen (secondary N) is 1. The van der Waals surface area contributed by atoms with Crippen molar-refractivity contribution in [2.24, 2.45) is 0 Å². The van der Waals surface area contributed by atoms with Crippen molar-refractivity contribution in [1.82, 2.24) is 5.32 Å². The van der Waals surface area contributed by atoms with Crippen LogP contribution in [0, 0.1) is 5.82 Å². The first kappa shape index (κ1) is 20.0. The van der Waals surface area contributed by atoms with Crippen LogP contribution in [0.2, 0.25) is 0 Å². The summed E-state index contributed by atoms with van der Waals surface area (Å²) < 4.78 is 13.5. The highest BCUT2D eigenvalue weighted by Crippen LogP contribution is 2.25. The Morgan fingerprint density at radius 3 is 2.42 bits per heavy atom. The van der Waals surface area contributed by atoms with Crippen molar-refractivity contribution >= 4 is 29.6 Å². The van der Waals surface area contributed by atoms with Crippen molar-refractivity contribution in [3.8, 4) is 5.75 Å². The number of barbiturate groups is 1. The van der Waals surface area contributed by atoms with Gasteiger partial charge in [-0.2, -0.15) is 0 Å². The lowest BCUT2D eigenvalue weighted by atomic mass is 9.97. The molecule has 2 N–H and O–H groups in total. The number of aromatic hydroxyl groups is 1. The highest BCUT2D eigenvalue weighted by Gasteiger charge is 2.36. The van der Waals surface area contributed by atoms with Gasteiger partial charge in [-0.3, -0.25) is 14.9 Å². The average molecular weight is 416 g/mol. The fraction of sp³-hybridized carbons (Fsp3) is 0.0417. The van der Waals surface area contributed by atoms with Gasteiger partial charge in [0.25, 0.3) is 11.8 Å². The highest BCUT2D eigenvalue weighted by atomic mass is 19.1. The zero-order chi connectivity index (χ0) is 22.0. The number of hydrogen-bond donors (Lipinski definition) is 2. The molecule has 6 nitrogen and oxygen atoms in total. The van der Waals surface area contributed by atoms with Crippen LogP contribution in [0.15, 0.2) is 78.4 Å². The number of phenolic OH excluding ortho intramolecular Hbond substituents is 1. The minimum Gasteiger partial charge on any atom is -0.508 e. The lowest BCUT2D eigenvalue weighted by Crippen LogP contribution is -2.54. The van der Waals surface area contributed by atoms with Crippen molar-refractivity contribution in [3.63, 3.8) is 0 Å². The fourth-order valence-corrected chi connectivity index (χ4v) is 3.35. The molecular weight excluding hydrogens is 399 g/mol. The van der Waals surface area contributed by atoms with Gasteiger partial charge in [-0.25, -0.2) is 14.1 Å². The van der Waals surface area contributed by atoms with E-state index in [1.807, 2.05) is 12.1 Å². The molecule has 1 aliphatic heterocycles. The predicted octanol–water partition coefficient (Wildman–Crippen LogP) is 3.79. The number of carbonyl (C=O) groups excluding carboxylic acids is 3. The number of rotatable bonds is 4. The van der Waals surface area contributed by atoms with Crippen LogP contribution in [0.1, 0.15) is 16.7 Å². The Balaban J connectivity index is 1.70. The van der Waals surface area contributed by atoms with E-state index in [1.165, 1.54) is 42.5 Å². The minimum absolute atomic E-state index is 0.0215. The summed E-state index contributed by atoms with van der Waals surface area (Å²) in [5.74, 6) is -1.95. The molecule has 0 bridgehead atoms. The smallest absolute Gasteiger partial charge is 0.335 e. The maximum absolute atomic E-state index is 13.5. The van der Waals surface area contributed by atoms with Gasteiger partial charge in [-0.1, -0.05) is 36.4 Å². The van der Waals surface area contributed by atoms with Gasteiger partial charge < -0.3 is 5.11 Å². The van der Waals surface area contributed by atoms with Crippen molar-refractivity contribution in [1.29, 1.82) is 0 Å². The van der Waals surface area contributed by atoms with Crippen LogP contribution in [0.3, 0.4) is 0 Å². The van der Waals surface area contributed by atoms with E-state index in [9.17, 15) is 23.9 Å². The van der Waals surface area contributed by atoms with Crippen molar-refractivity contribution < 1.29 is 23.9 Å². The van der Waals surface area contributed by atoms with E-state index in [1.54, 1.807) is 24.3 Å². The van der Waals surface area contributed by atoms with Crippen LogP contribution in [0.4, 0.5) is 14.9 Å². The molecular formula is C24H17FN2O4. The summed E-state index contributed by atoms with van der Waals surface area (Å²) in [6, 6.07) is 17.9. The van der Waals surface area contributed by atoms with Crippen LogP contribution in [0.5, 0.6) is 5.75 Å². The average Bonchev–Trinajstić information content (AvgIpc) is 2.73. The van der Waals surface area contributed by atoms with Gasteiger partial charge in [0.05, 0.1) is 5.69 Å². The summed E-state index contributed by atoms with van der Waals surface area (Å²) in [4.78, 5) is 38.6. The Labute approximate surface area is 177 Å². The number of imide groups is 2. The first-order valence-corrected chi connectivity index (χ1v) is 9.45. The number of anilines is 1. The molecule has 7 heteroatoms. The number of hydrogen-bond acceptors (Lipinski definition) is 4. The van der Waals surface area contributed by atoms with E-state index in [4.69, 9.17) is 0 Å². The Bertz CT molecular complexity index is 1220. The van der Waals surface area contributed by atoms with Crippen LogP contribution < -0.4 is 10.2 Å². The molecule has 1 fully saturated rings. The van der Waals surface area contributed by atoms with Crippen LogP contribution >= 0.6 is 0 Å². The molecule has 154 valence electrons. The number of phenols is 1. The maximum atomic E-state index is 13.5. The third-order valence-electron chi connectivity index (χ3n) is 4.85. The van der Waals surface area contributed by atoms with Gasteiger partial charge in [0, 0.05) is 0 Å². The molecule has 4 rings (SSSR count). The van der Waals surface area contributed by atoms with Gasteiger partial charge >= 0.3 is 6.03 Å². The first-order chi connectivity index (χ1) is 14.9. The number of urea groups is 1. The molecule has 3 aromatic rings. The largest absolute Gasteiger partial charge is 0.508 e. The second kappa shape index (κ2) is 8.23. The normalized spacial score (nSPS) is 15.3. The third-order valence-corrected chi connectivity index (χ3v) is 4.85.